The largest absolute Gasteiger partial charge is 0.489 e. The Bertz CT molecular complexity index is 775. The van der Waals surface area contributed by atoms with Crippen LogP contribution in [0.4, 0.5) is 9.18 Å². The van der Waals surface area contributed by atoms with Crippen molar-refractivity contribution >= 4 is 23.6 Å². The molecule has 0 bridgehead atoms. The van der Waals surface area contributed by atoms with Gasteiger partial charge in [-0.05, 0) is 56.7 Å². The molecule has 3 aliphatic rings. The van der Waals surface area contributed by atoms with Gasteiger partial charge >= 0.3 is 6.09 Å². The Morgan fingerprint density at radius 1 is 1.39 bits per heavy atom. The van der Waals surface area contributed by atoms with Crippen molar-refractivity contribution in [2.75, 3.05) is 19.7 Å². The molecule has 8 heteroatoms. The van der Waals surface area contributed by atoms with Gasteiger partial charge in [0.05, 0.1) is 16.7 Å². The summed E-state index contributed by atoms with van der Waals surface area (Å²) < 4.78 is 24.1. The number of piperidine rings is 1. The van der Waals surface area contributed by atoms with E-state index in [-0.39, 0.29) is 34.6 Å². The predicted octanol–water partition coefficient (Wildman–Crippen LogP) is 3.37. The zero-order valence-electron chi connectivity index (χ0n) is 15.7. The number of benzene rings is 1. The molecule has 0 radical (unpaired) electrons. The number of cyclic esters (lactones) is 1. The number of nitrogens with zero attached hydrogens (tertiary/aromatic N) is 1. The van der Waals surface area contributed by atoms with Crippen LogP contribution in [0.2, 0.25) is 5.02 Å². The number of nitrogens with one attached hydrogen (secondary N) is 1. The van der Waals surface area contributed by atoms with E-state index in [1.54, 1.807) is 6.07 Å². The average Bonchev–Trinajstić information content (AvgIpc) is 3.04. The topological polar surface area (TPSA) is 67.9 Å². The number of carbonyl (C=O) groups excluding carboxylic acids is 2. The lowest BCUT2D eigenvalue weighted by molar-refractivity contribution is -0.143. The minimum Gasteiger partial charge on any atom is -0.489 e. The quantitative estimate of drug-likeness (QED) is 0.826. The van der Waals surface area contributed by atoms with Gasteiger partial charge in [-0.3, -0.25) is 4.79 Å². The number of likely N-dealkylation sites (tertiary alicyclic amines) is 1. The van der Waals surface area contributed by atoms with Crippen molar-refractivity contribution < 1.29 is 23.5 Å². The maximum absolute atomic E-state index is 13.2. The standard InChI is InChI=1S/C20H24ClFN2O4/c1-12(28-17-3-2-15(22)8-16(17)21)13-4-6-24(7-5-13)18(25)14-9-20(10-14)11-27-19(26)23-20/h2-3,8,12-14H,4-7,9-11H2,1H3,(H,23,26). The van der Waals surface area contributed by atoms with E-state index in [9.17, 15) is 14.0 Å². The average molecular weight is 411 g/mol. The third-order valence-electron chi connectivity index (χ3n) is 6.19. The molecule has 2 heterocycles. The maximum Gasteiger partial charge on any atom is 0.407 e. The number of hydrogen-bond acceptors (Lipinski definition) is 4. The number of halogens is 2. The highest BCUT2D eigenvalue weighted by Crippen LogP contribution is 2.42. The highest BCUT2D eigenvalue weighted by Gasteiger charge is 2.53. The van der Waals surface area contributed by atoms with E-state index in [1.165, 1.54) is 12.1 Å². The molecule has 2 aliphatic heterocycles. The number of ether oxygens (including phenoxy) is 2. The van der Waals surface area contributed by atoms with E-state index < -0.39 is 5.82 Å². The number of hydrogen-bond donors (Lipinski definition) is 1. The number of amides is 2. The fourth-order valence-electron chi connectivity index (χ4n) is 4.49. The molecule has 2 amide bonds. The molecule has 1 aromatic carbocycles. The van der Waals surface area contributed by atoms with Crippen LogP contribution in [-0.4, -0.2) is 48.2 Å². The molecular formula is C20H24ClFN2O4. The molecule has 1 atom stereocenters. The third-order valence-corrected chi connectivity index (χ3v) is 6.49. The Kier molecular flexibility index (Phi) is 5.12. The summed E-state index contributed by atoms with van der Waals surface area (Å²) in [5.41, 5.74) is -0.327. The van der Waals surface area contributed by atoms with Gasteiger partial charge in [0.15, 0.2) is 0 Å². The van der Waals surface area contributed by atoms with Crippen LogP contribution in [0.1, 0.15) is 32.6 Å². The molecule has 3 fully saturated rings. The Balaban J connectivity index is 1.25. The molecule has 2 saturated heterocycles. The van der Waals surface area contributed by atoms with Crippen molar-refractivity contribution in [3.05, 3.63) is 29.0 Å². The van der Waals surface area contributed by atoms with Crippen LogP contribution in [0, 0.1) is 17.7 Å². The lowest BCUT2D eigenvalue weighted by Gasteiger charge is -2.45. The second kappa shape index (κ2) is 7.43. The monoisotopic (exact) mass is 410 g/mol. The molecule has 1 unspecified atom stereocenters. The Hall–Kier alpha value is -2.02. The third kappa shape index (κ3) is 3.77. The molecule has 1 aliphatic carbocycles. The van der Waals surface area contributed by atoms with Crippen LogP contribution in [0.5, 0.6) is 5.75 Å². The van der Waals surface area contributed by atoms with E-state index in [0.717, 1.165) is 12.8 Å². The van der Waals surface area contributed by atoms with Crippen LogP contribution in [0.15, 0.2) is 18.2 Å². The lowest BCUT2D eigenvalue weighted by Crippen LogP contribution is -2.58. The first-order valence-corrected chi connectivity index (χ1v) is 10.1. The zero-order chi connectivity index (χ0) is 19.9. The summed E-state index contributed by atoms with van der Waals surface area (Å²) >= 11 is 6.04. The molecule has 1 spiro atoms. The summed E-state index contributed by atoms with van der Waals surface area (Å²) in [6.07, 6.45) is 2.55. The van der Waals surface area contributed by atoms with Crippen molar-refractivity contribution in [2.24, 2.45) is 11.8 Å². The maximum atomic E-state index is 13.2. The highest BCUT2D eigenvalue weighted by molar-refractivity contribution is 6.32. The van der Waals surface area contributed by atoms with Gasteiger partial charge in [-0.2, -0.15) is 0 Å². The van der Waals surface area contributed by atoms with Gasteiger partial charge in [0.1, 0.15) is 18.2 Å². The zero-order valence-corrected chi connectivity index (χ0v) is 16.5. The van der Waals surface area contributed by atoms with Gasteiger partial charge in [-0.15, -0.1) is 0 Å². The molecule has 1 N–H and O–H groups in total. The van der Waals surface area contributed by atoms with Crippen LogP contribution >= 0.6 is 11.6 Å². The van der Waals surface area contributed by atoms with Gasteiger partial charge in [0, 0.05) is 19.0 Å². The molecule has 0 aromatic heterocycles. The van der Waals surface area contributed by atoms with Gasteiger partial charge in [0.2, 0.25) is 5.91 Å². The smallest absolute Gasteiger partial charge is 0.407 e. The summed E-state index contributed by atoms with van der Waals surface area (Å²) in [7, 11) is 0. The van der Waals surface area contributed by atoms with Crippen molar-refractivity contribution in [3.63, 3.8) is 0 Å². The second-order valence-electron chi connectivity index (χ2n) is 8.15. The lowest BCUT2D eigenvalue weighted by atomic mass is 9.68. The molecule has 152 valence electrons. The van der Waals surface area contributed by atoms with Gasteiger partial charge in [-0.1, -0.05) is 11.6 Å². The van der Waals surface area contributed by atoms with Crippen LogP contribution in [-0.2, 0) is 9.53 Å². The Morgan fingerprint density at radius 2 is 2.11 bits per heavy atom. The van der Waals surface area contributed by atoms with E-state index in [4.69, 9.17) is 21.1 Å². The summed E-state index contributed by atoms with van der Waals surface area (Å²) in [4.78, 5) is 25.9. The van der Waals surface area contributed by atoms with Gasteiger partial charge in [0.25, 0.3) is 0 Å². The van der Waals surface area contributed by atoms with Crippen LogP contribution in [0.25, 0.3) is 0 Å². The summed E-state index contributed by atoms with van der Waals surface area (Å²) in [6, 6.07) is 4.12. The minimum atomic E-state index is -0.390. The molecule has 1 saturated carbocycles. The van der Waals surface area contributed by atoms with Gasteiger partial charge in [-0.25, -0.2) is 9.18 Å². The number of carbonyl (C=O) groups is 2. The molecule has 1 aromatic rings. The highest BCUT2D eigenvalue weighted by atomic mass is 35.5. The Labute approximate surface area is 168 Å². The van der Waals surface area contributed by atoms with Crippen molar-refractivity contribution in [3.8, 4) is 5.75 Å². The van der Waals surface area contributed by atoms with E-state index >= 15 is 0 Å². The second-order valence-corrected chi connectivity index (χ2v) is 8.55. The van der Waals surface area contributed by atoms with Crippen LogP contribution < -0.4 is 10.1 Å². The van der Waals surface area contributed by atoms with Gasteiger partial charge < -0.3 is 19.7 Å². The molecule has 28 heavy (non-hydrogen) atoms. The van der Waals surface area contributed by atoms with Crippen molar-refractivity contribution in [2.45, 2.75) is 44.2 Å². The first-order valence-electron chi connectivity index (χ1n) is 9.71. The van der Waals surface area contributed by atoms with Crippen molar-refractivity contribution in [1.29, 1.82) is 0 Å². The molecule has 6 nitrogen and oxygen atoms in total. The SMILES string of the molecule is CC(Oc1ccc(F)cc1Cl)C1CCN(C(=O)C2CC3(COC(=O)N3)C2)CC1. The minimum absolute atomic E-state index is 0.0368. The normalized spacial score (nSPS) is 28.5. The summed E-state index contributed by atoms with van der Waals surface area (Å²) in [5, 5.41) is 3.09. The number of alkyl carbamates (subject to hydrolysis) is 1. The first-order chi connectivity index (χ1) is 13.3. The van der Waals surface area contributed by atoms with E-state index in [0.29, 0.717) is 44.2 Å². The van der Waals surface area contributed by atoms with E-state index in [1.807, 2.05) is 11.8 Å². The fourth-order valence-corrected chi connectivity index (χ4v) is 4.70. The summed E-state index contributed by atoms with van der Waals surface area (Å²) in [5.74, 6) is 0.527. The Morgan fingerprint density at radius 3 is 2.71 bits per heavy atom. The van der Waals surface area contributed by atoms with Crippen LogP contribution in [0.3, 0.4) is 0 Å². The van der Waals surface area contributed by atoms with Crippen molar-refractivity contribution in [1.82, 2.24) is 10.2 Å². The van der Waals surface area contributed by atoms with E-state index in [2.05, 4.69) is 5.32 Å². The number of rotatable bonds is 4. The predicted molar refractivity (Wildman–Crippen MR) is 101 cm³/mol. The fraction of sp³-hybridized carbons (Fsp3) is 0.600. The molecule has 4 rings (SSSR count). The molecular weight excluding hydrogens is 387 g/mol. The first kappa shape index (κ1) is 19.3. The summed E-state index contributed by atoms with van der Waals surface area (Å²) in [6.45, 7) is 3.74.